The van der Waals surface area contributed by atoms with Gasteiger partial charge in [0.25, 0.3) is 11.8 Å². The summed E-state index contributed by atoms with van der Waals surface area (Å²) in [4.78, 5) is 43.3. The molecule has 1 aliphatic rings. The molecule has 10 nitrogen and oxygen atoms in total. The Morgan fingerprint density at radius 3 is 2.77 bits per heavy atom. The summed E-state index contributed by atoms with van der Waals surface area (Å²) in [7, 11) is 0. The molecular weight excluding hydrogens is 468 g/mol. The van der Waals surface area contributed by atoms with Crippen molar-refractivity contribution in [3.63, 3.8) is 0 Å². The number of nitrogens with one attached hydrogen (secondary N) is 1. The number of benzene rings is 1. The molecule has 1 atom stereocenters. The second kappa shape index (κ2) is 8.82. The highest BCUT2D eigenvalue weighted by Gasteiger charge is 2.33. The molecule has 4 rings (SSSR count). The van der Waals surface area contributed by atoms with Crippen LogP contribution >= 0.6 is 15.9 Å². The van der Waals surface area contributed by atoms with Crippen LogP contribution < -0.4 is 11.1 Å². The molecule has 0 spiro atoms. The number of nitrogens with zero attached hydrogens (tertiary/aromatic N) is 4. The number of rotatable bonds is 5. The van der Waals surface area contributed by atoms with Gasteiger partial charge in [0.15, 0.2) is 5.69 Å². The summed E-state index contributed by atoms with van der Waals surface area (Å²) in [5, 5.41) is 7.50. The molecule has 160 valence electrons. The predicted molar refractivity (Wildman–Crippen MR) is 115 cm³/mol. The van der Waals surface area contributed by atoms with Crippen LogP contribution in [-0.4, -0.2) is 63.2 Å². The van der Waals surface area contributed by atoms with Crippen LogP contribution in [0.4, 0.5) is 5.82 Å². The summed E-state index contributed by atoms with van der Waals surface area (Å²) in [5.74, 6) is -1.04. The van der Waals surface area contributed by atoms with Gasteiger partial charge in [0.2, 0.25) is 5.91 Å². The molecule has 3 N–H and O–H groups in total. The van der Waals surface area contributed by atoms with Gasteiger partial charge in [-0.15, -0.1) is 0 Å². The van der Waals surface area contributed by atoms with Gasteiger partial charge >= 0.3 is 0 Å². The number of nitrogens with two attached hydrogens (primary N) is 1. The predicted octanol–water partition coefficient (Wildman–Crippen LogP) is 1.16. The van der Waals surface area contributed by atoms with Crippen molar-refractivity contribution in [3.8, 4) is 0 Å². The van der Waals surface area contributed by atoms with Gasteiger partial charge < -0.3 is 20.7 Å². The van der Waals surface area contributed by atoms with E-state index in [1.54, 1.807) is 42.5 Å². The molecule has 3 aromatic rings. The molecule has 0 bridgehead atoms. The number of carbonyl (C=O) groups is 3. The van der Waals surface area contributed by atoms with E-state index >= 15 is 0 Å². The van der Waals surface area contributed by atoms with Gasteiger partial charge in [-0.2, -0.15) is 5.10 Å². The van der Waals surface area contributed by atoms with Gasteiger partial charge in [0.05, 0.1) is 18.7 Å². The Hall–Kier alpha value is -3.31. The van der Waals surface area contributed by atoms with Gasteiger partial charge in [-0.05, 0) is 34.1 Å². The minimum absolute atomic E-state index is 0.0674. The molecule has 0 saturated carbocycles. The largest absolute Gasteiger partial charge is 0.377 e. The fourth-order valence-corrected chi connectivity index (χ4v) is 3.80. The number of hydrogen-bond donors (Lipinski definition) is 2. The van der Waals surface area contributed by atoms with Crippen molar-refractivity contribution >= 4 is 50.4 Å². The Labute approximate surface area is 185 Å². The van der Waals surface area contributed by atoms with Crippen LogP contribution in [0.5, 0.6) is 0 Å². The highest BCUT2D eigenvalue weighted by atomic mass is 79.9. The average molecular weight is 487 g/mol. The second-order valence-corrected chi connectivity index (χ2v) is 7.71. The molecule has 31 heavy (non-hydrogen) atoms. The highest BCUT2D eigenvalue weighted by Crippen LogP contribution is 2.19. The number of fused-ring (bicyclic) bond motifs is 1. The lowest BCUT2D eigenvalue weighted by atomic mass is 10.2. The first-order valence-corrected chi connectivity index (χ1v) is 10.3. The van der Waals surface area contributed by atoms with Crippen LogP contribution in [0.3, 0.4) is 0 Å². The van der Waals surface area contributed by atoms with Crippen molar-refractivity contribution in [1.29, 1.82) is 0 Å². The smallest absolute Gasteiger partial charge is 0.269 e. The molecule has 0 radical (unpaired) electrons. The summed E-state index contributed by atoms with van der Waals surface area (Å²) in [6.07, 6.45) is 0. The van der Waals surface area contributed by atoms with Crippen LogP contribution in [0.25, 0.3) is 10.9 Å². The molecular formula is C20H19BrN6O4. The van der Waals surface area contributed by atoms with Gasteiger partial charge in [-0.1, -0.05) is 24.3 Å². The third kappa shape index (κ3) is 4.42. The third-order valence-corrected chi connectivity index (χ3v) is 5.34. The summed E-state index contributed by atoms with van der Waals surface area (Å²) < 4.78 is 7.44. The van der Waals surface area contributed by atoms with Crippen molar-refractivity contribution in [3.05, 3.63) is 52.8 Å². The number of aromatic nitrogens is 3. The van der Waals surface area contributed by atoms with Crippen molar-refractivity contribution < 1.29 is 19.1 Å². The first-order valence-electron chi connectivity index (χ1n) is 9.50. The molecule has 3 heterocycles. The highest BCUT2D eigenvalue weighted by molar-refractivity contribution is 9.10. The molecule has 1 aromatic carbocycles. The standard InChI is InChI=1S/C20H19BrN6O4/c21-15-6-3-7-16(23-15)24-20(30)14-11-31-9-8-26(14)17(28)10-27-13-5-2-1-4-12(13)18(25-27)19(22)29/h1-7,14H,8-11H2,(H2,22,29)(H,23,24,30). The summed E-state index contributed by atoms with van der Waals surface area (Å²) in [6.45, 7) is 0.492. The normalized spacial score (nSPS) is 16.3. The number of hydrogen-bond acceptors (Lipinski definition) is 6. The average Bonchev–Trinajstić information content (AvgIpc) is 3.12. The Kier molecular flexibility index (Phi) is 5.96. The fourth-order valence-electron chi connectivity index (χ4n) is 3.46. The van der Waals surface area contributed by atoms with Crippen LogP contribution in [0, 0.1) is 0 Å². The molecule has 2 aromatic heterocycles. The van der Waals surface area contributed by atoms with Gasteiger partial charge in [0, 0.05) is 11.9 Å². The number of primary amides is 1. The zero-order valence-electron chi connectivity index (χ0n) is 16.3. The monoisotopic (exact) mass is 486 g/mol. The van der Waals surface area contributed by atoms with E-state index in [0.717, 1.165) is 0 Å². The maximum atomic E-state index is 13.1. The number of para-hydroxylation sites is 1. The molecule has 1 unspecified atom stereocenters. The fraction of sp³-hybridized carbons (Fsp3) is 0.250. The maximum absolute atomic E-state index is 13.1. The number of morpholine rings is 1. The lowest BCUT2D eigenvalue weighted by Gasteiger charge is -2.34. The maximum Gasteiger partial charge on any atom is 0.269 e. The second-order valence-electron chi connectivity index (χ2n) is 6.90. The molecule has 3 amide bonds. The van der Waals surface area contributed by atoms with Crippen LogP contribution in [0.1, 0.15) is 10.5 Å². The zero-order chi connectivity index (χ0) is 22.0. The van der Waals surface area contributed by atoms with E-state index in [1.807, 2.05) is 0 Å². The number of ether oxygens (including phenoxy) is 1. The van der Waals surface area contributed by atoms with E-state index in [4.69, 9.17) is 10.5 Å². The van der Waals surface area contributed by atoms with E-state index < -0.39 is 17.9 Å². The van der Waals surface area contributed by atoms with Crippen molar-refractivity contribution in [1.82, 2.24) is 19.7 Å². The van der Waals surface area contributed by atoms with Crippen molar-refractivity contribution in [2.45, 2.75) is 12.6 Å². The summed E-state index contributed by atoms with van der Waals surface area (Å²) >= 11 is 3.26. The van der Waals surface area contributed by atoms with Crippen molar-refractivity contribution in [2.75, 3.05) is 25.1 Å². The van der Waals surface area contributed by atoms with Gasteiger partial charge in [-0.25, -0.2) is 4.98 Å². The van der Waals surface area contributed by atoms with E-state index in [9.17, 15) is 14.4 Å². The summed E-state index contributed by atoms with van der Waals surface area (Å²) in [5.41, 5.74) is 6.13. The van der Waals surface area contributed by atoms with Crippen LogP contribution in [0.2, 0.25) is 0 Å². The quantitative estimate of drug-likeness (QED) is 0.519. The van der Waals surface area contributed by atoms with E-state index in [1.165, 1.54) is 9.58 Å². The lowest BCUT2D eigenvalue weighted by molar-refractivity contribution is -0.146. The third-order valence-electron chi connectivity index (χ3n) is 4.89. The zero-order valence-corrected chi connectivity index (χ0v) is 17.9. The van der Waals surface area contributed by atoms with Crippen molar-refractivity contribution in [2.24, 2.45) is 5.73 Å². The Morgan fingerprint density at radius 2 is 2.00 bits per heavy atom. The molecule has 0 aliphatic carbocycles. The Bertz CT molecular complexity index is 1160. The lowest BCUT2D eigenvalue weighted by Crippen LogP contribution is -2.55. The number of anilines is 1. The minimum atomic E-state index is -0.820. The van der Waals surface area contributed by atoms with E-state index in [0.29, 0.717) is 27.9 Å². The minimum Gasteiger partial charge on any atom is -0.377 e. The number of carbonyl (C=O) groups excluding carboxylic acids is 3. The van der Waals surface area contributed by atoms with E-state index in [-0.39, 0.29) is 31.3 Å². The number of pyridine rings is 1. The molecule has 11 heteroatoms. The van der Waals surface area contributed by atoms with E-state index in [2.05, 4.69) is 31.3 Å². The topological polar surface area (TPSA) is 132 Å². The molecule has 1 fully saturated rings. The van der Waals surface area contributed by atoms with Gasteiger partial charge in [-0.3, -0.25) is 19.1 Å². The Balaban J connectivity index is 1.55. The van der Waals surface area contributed by atoms with Crippen LogP contribution in [-0.2, 0) is 20.9 Å². The number of halogens is 1. The van der Waals surface area contributed by atoms with Crippen LogP contribution in [0.15, 0.2) is 47.1 Å². The summed E-state index contributed by atoms with van der Waals surface area (Å²) in [6, 6.07) is 11.3. The van der Waals surface area contributed by atoms with Gasteiger partial charge in [0.1, 0.15) is 23.0 Å². The molecule has 1 aliphatic heterocycles. The SMILES string of the molecule is NC(=O)c1nn(CC(=O)N2CCOCC2C(=O)Nc2cccc(Br)n2)c2ccccc12. The number of amides is 3. The Morgan fingerprint density at radius 1 is 1.19 bits per heavy atom. The first kappa shape index (κ1) is 20.9. The molecule has 1 saturated heterocycles. The first-order chi connectivity index (χ1) is 14.9.